The first-order valence-corrected chi connectivity index (χ1v) is 10.5. The van der Waals surface area contributed by atoms with E-state index in [1.54, 1.807) is 12.1 Å². The molecule has 0 radical (unpaired) electrons. The van der Waals surface area contributed by atoms with Crippen LogP contribution in [-0.2, 0) is 4.79 Å². The number of hydrogen-bond acceptors (Lipinski definition) is 3. The first-order chi connectivity index (χ1) is 14.6. The molecule has 1 N–H and O–H groups in total. The second-order valence-corrected chi connectivity index (χ2v) is 8.68. The first kappa shape index (κ1) is 22.9. The van der Waals surface area contributed by atoms with E-state index >= 15 is 0 Å². The molecule has 3 rings (SSSR count). The first-order valence-electron chi connectivity index (χ1n) is 9.76. The molecular weight excluding hydrogens is 436 g/mol. The van der Waals surface area contributed by atoms with Gasteiger partial charge in [0, 0.05) is 29.0 Å². The molecule has 0 atom stereocenters. The van der Waals surface area contributed by atoms with Crippen molar-refractivity contribution < 1.29 is 9.18 Å². The number of hydrogen-bond donors (Lipinski definition) is 1. The van der Waals surface area contributed by atoms with Crippen molar-refractivity contribution in [3.63, 3.8) is 0 Å². The van der Waals surface area contributed by atoms with Crippen molar-refractivity contribution in [2.45, 2.75) is 33.2 Å². The number of nitriles is 1. The van der Waals surface area contributed by atoms with Crippen LogP contribution in [0.4, 0.5) is 15.8 Å². The molecule has 2 aromatic rings. The standard InChI is InChI=1S/C24H22Cl2FN3O/c1-5-30-22-11-21(27)15(9-18(22)14(2)12-24(30,3)4)8-16(13-28)23(31)29-17-6-7-19(25)20(26)10-17/h6-12H,5H2,1-4H3,(H,29,31)/b16-8+. The van der Waals surface area contributed by atoms with Gasteiger partial charge in [-0.15, -0.1) is 0 Å². The van der Waals surface area contributed by atoms with Gasteiger partial charge in [0.25, 0.3) is 5.91 Å². The minimum Gasteiger partial charge on any atom is -0.363 e. The summed E-state index contributed by atoms with van der Waals surface area (Å²) in [4.78, 5) is 14.7. The highest BCUT2D eigenvalue weighted by molar-refractivity contribution is 6.42. The minimum absolute atomic E-state index is 0.170. The molecule has 0 unspecified atom stereocenters. The molecule has 0 aromatic heterocycles. The Morgan fingerprint density at radius 2 is 1.97 bits per heavy atom. The molecule has 0 bridgehead atoms. The highest BCUT2D eigenvalue weighted by Crippen LogP contribution is 2.40. The summed E-state index contributed by atoms with van der Waals surface area (Å²) in [6.07, 6.45) is 3.39. The van der Waals surface area contributed by atoms with Gasteiger partial charge in [0.15, 0.2) is 0 Å². The van der Waals surface area contributed by atoms with Crippen LogP contribution in [-0.4, -0.2) is 18.0 Å². The number of anilines is 2. The van der Waals surface area contributed by atoms with Crippen molar-refractivity contribution in [2.75, 3.05) is 16.8 Å². The fourth-order valence-electron chi connectivity index (χ4n) is 3.88. The Balaban J connectivity index is 1.98. The number of benzene rings is 2. The molecule has 4 nitrogen and oxygen atoms in total. The van der Waals surface area contributed by atoms with Crippen molar-refractivity contribution in [1.29, 1.82) is 5.26 Å². The van der Waals surface area contributed by atoms with Gasteiger partial charge in [-0.05, 0) is 69.7 Å². The molecule has 0 spiro atoms. The number of allylic oxidation sites excluding steroid dienone is 1. The third-order valence-electron chi connectivity index (χ3n) is 5.25. The van der Waals surface area contributed by atoms with Crippen molar-refractivity contribution in [3.05, 3.63) is 69.0 Å². The number of nitrogens with one attached hydrogen (secondary N) is 1. The SMILES string of the molecule is CCN1c2cc(F)c(/C=C(\C#N)C(=O)Nc3ccc(Cl)c(Cl)c3)cc2C(C)=CC1(C)C. The van der Waals surface area contributed by atoms with Gasteiger partial charge in [-0.3, -0.25) is 4.79 Å². The Hall–Kier alpha value is -2.81. The number of nitrogens with zero attached hydrogens (tertiary/aromatic N) is 2. The van der Waals surface area contributed by atoms with Crippen LogP contribution in [0.3, 0.4) is 0 Å². The van der Waals surface area contributed by atoms with Gasteiger partial charge in [0.2, 0.25) is 0 Å². The third kappa shape index (κ3) is 4.61. The summed E-state index contributed by atoms with van der Waals surface area (Å²) < 4.78 is 15.0. The highest BCUT2D eigenvalue weighted by atomic mass is 35.5. The molecule has 31 heavy (non-hydrogen) atoms. The molecule has 1 aliphatic rings. The molecule has 1 heterocycles. The van der Waals surface area contributed by atoms with E-state index in [2.05, 4.69) is 30.1 Å². The highest BCUT2D eigenvalue weighted by Gasteiger charge is 2.31. The van der Waals surface area contributed by atoms with Crippen LogP contribution in [0.5, 0.6) is 0 Å². The largest absolute Gasteiger partial charge is 0.363 e. The molecular formula is C24H22Cl2FN3O. The van der Waals surface area contributed by atoms with Crippen molar-refractivity contribution in [3.8, 4) is 6.07 Å². The van der Waals surface area contributed by atoms with Crippen LogP contribution in [0.1, 0.15) is 38.8 Å². The van der Waals surface area contributed by atoms with E-state index in [0.717, 1.165) is 16.8 Å². The molecule has 160 valence electrons. The normalized spacial score (nSPS) is 15.1. The summed E-state index contributed by atoms with van der Waals surface area (Å²) in [6.45, 7) is 8.87. The summed E-state index contributed by atoms with van der Waals surface area (Å²) in [7, 11) is 0. The van der Waals surface area contributed by atoms with E-state index < -0.39 is 11.7 Å². The average molecular weight is 458 g/mol. The van der Waals surface area contributed by atoms with Gasteiger partial charge < -0.3 is 10.2 Å². The third-order valence-corrected chi connectivity index (χ3v) is 5.99. The number of likely N-dealkylation sites (N-methyl/N-ethyl adjacent to an activating group) is 1. The van der Waals surface area contributed by atoms with Crippen LogP contribution in [0.15, 0.2) is 42.0 Å². The Bertz CT molecular complexity index is 1160. The van der Waals surface area contributed by atoms with Gasteiger partial charge in [0.1, 0.15) is 17.5 Å². The predicted octanol–water partition coefficient (Wildman–Crippen LogP) is 6.70. The Kier molecular flexibility index (Phi) is 6.45. The lowest BCUT2D eigenvalue weighted by molar-refractivity contribution is -0.112. The maximum Gasteiger partial charge on any atom is 0.266 e. The number of amides is 1. The van der Waals surface area contributed by atoms with Crippen molar-refractivity contribution in [1.82, 2.24) is 0 Å². The number of rotatable bonds is 4. The number of carbonyl (C=O) groups excluding carboxylic acids is 1. The Morgan fingerprint density at radius 1 is 1.26 bits per heavy atom. The summed E-state index contributed by atoms with van der Waals surface area (Å²) in [5.41, 5.74) is 2.76. The predicted molar refractivity (Wildman–Crippen MR) is 126 cm³/mol. The molecule has 7 heteroatoms. The van der Waals surface area contributed by atoms with E-state index in [1.165, 1.54) is 24.3 Å². The molecule has 0 fully saturated rings. The van der Waals surface area contributed by atoms with Gasteiger partial charge in [-0.2, -0.15) is 5.26 Å². The zero-order chi connectivity index (χ0) is 22.9. The molecule has 0 saturated heterocycles. The summed E-state index contributed by atoms with van der Waals surface area (Å²) in [5.74, 6) is -1.17. The smallest absolute Gasteiger partial charge is 0.266 e. The fraction of sp³-hybridized carbons (Fsp3) is 0.250. The van der Waals surface area contributed by atoms with Gasteiger partial charge >= 0.3 is 0 Å². The lowest BCUT2D eigenvalue weighted by Gasteiger charge is -2.42. The van der Waals surface area contributed by atoms with Crippen molar-refractivity contribution >= 4 is 52.1 Å². The number of fused-ring (bicyclic) bond motifs is 1. The topological polar surface area (TPSA) is 56.1 Å². The fourth-order valence-corrected chi connectivity index (χ4v) is 4.18. The maximum absolute atomic E-state index is 15.0. The zero-order valence-corrected chi connectivity index (χ0v) is 19.2. The average Bonchev–Trinajstić information content (AvgIpc) is 2.69. The summed E-state index contributed by atoms with van der Waals surface area (Å²) >= 11 is 11.8. The second kappa shape index (κ2) is 8.74. The lowest BCUT2D eigenvalue weighted by atomic mass is 9.87. The van der Waals surface area contributed by atoms with E-state index in [1.807, 2.05) is 19.9 Å². The molecule has 0 saturated carbocycles. The van der Waals surface area contributed by atoms with Crippen LogP contribution in [0, 0.1) is 17.1 Å². The van der Waals surface area contributed by atoms with E-state index in [9.17, 15) is 14.4 Å². The molecule has 1 aliphatic heterocycles. The monoisotopic (exact) mass is 457 g/mol. The second-order valence-electron chi connectivity index (χ2n) is 7.87. The molecule has 0 aliphatic carbocycles. The van der Waals surface area contributed by atoms with Gasteiger partial charge in [0.05, 0.1) is 15.6 Å². The lowest BCUT2D eigenvalue weighted by Crippen LogP contribution is -2.45. The number of halogens is 3. The van der Waals surface area contributed by atoms with Crippen LogP contribution >= 0.6 is 23.2 Å². The molecule has 2 aromatic carbocycles. The minimum atomic E-state index is -0.665. The van der Waals surface area contributed by atoms with Crippen molar-refractivity contribution in [2.24, 2.45) is 0 Å². The van der Waals surface area contributed by atoms with E-state index in [0.29, 0.717) is 17.3 Å². The summed E-state index contributed by atoms with van der Waals surface area (Å²) in [5, 5.41) is 12.7. The Morgan fingerprint density at radius 3 is 2.58 bits per heavy atom. The van der Waals surface area contributed by atoms with Gasteiger partial charge in [-0.1, -0.05) is 29.3 Å². The van der Waals surface area contributed by atoms with Gasteiger partial charge in [-0.25, -0.2) is 4.39 Å². The van der Waals surface area contributed by atoms with E-state index in [4.69, 9.17) is 23.2 Å². The zero-order valence-electron chi connectivity index (χ0n) is 17.7. The van der Waals surface area contributed by atoms with Crippen LogP contribution in [0.2, 0.25) is 10.0 Å². The maximum atomic E-state index is 15.0. The van der Waals surface area contributed by atoms with Crippen LogP contribution in [0.25, 0.3) is 11.6 Å². The Labute approximate surface area is 191 Å². The summed E-state index contributed by atoms with van der Waals surface area (Å²) in [6, 6.07) is 9.57. The van der Waals surface area contributed by atoms with Crippen LogP contribution < -0.4 is 10.2 Å². The molecule has 1 amide bonds. The quantitative estimate of drug-likeness (QED) is 0.410. The number of carbonyl (C=O) groups is 1. The van der Waals surface area contributed by atoms with E-state index in [-0.39, 0.29) is 21.7 Å².